The number of hydrogen-bond acceptors (Lipinski definition) is 13. The fraction of sp³-hybridized carbons (Fsp3) is 0.936. The molecule has 0 aromatic heterocycles. The van der Waals surface area contributed by atoms with Gasteiger partial charge in [-0.05, 0) is 44.9 Å². The number of unbranched alkanes of at least 4 members (excludes halogenated alkanes) is 50. The number of carbonyl (C=O) groups is 1. The maximum atomic E-state index is 13.4. The van der Waals surface area contributed by atoms with E-state index in [1.807, 2.05) is 0 Å². The highest BCUT2D eigenvalue weighted by molar-refractivity contribution is 5.76. The first-order valence-corrected chi connectivity index (χ1v) is 39.6. The molecule has 2 rings (SSSR count). The molecule has 2 aliphatic rings. The molecule has 92 heavy (non-hydrogen) atoms. The Kier molecular flexibility index (Phi) is 59.2. The Labute approximate surface area is 564 Å². The van der Waals surface area contributed by atoms with Crippen LogP contribution in [0, 0.1) is 0 Å². The predicted octanol–water partition coefficient (Wildman–Crippen LogP) is 17.5. The second-order valence-electron chi connectivity index (χ2n) is 28.2. The minimum Gasteiger partial charge on any atom is -0.394 e. The molecule has 0 radical (unpaired) electrons. The number of nitrogens with one attached hydrogen (secondary N) is 1. The third-order valence-corrected chi connectivity index (χ3v) is 19.7. The van der Waals surface area contributed by atoms with E-state index in [9.17, 15) is 45.6 Å². The maximum Gasteiger partial charge on any atom is 0.220 e. The van der Waals surface area contributed by atoms with Crippen molar-refractivity contribution in [1.29, 1.82) is 0 Å². The van der Waals surface area contributed by atoms with Gasteiger partial charge in [0.1, 0.15) is 48.8 Å². The summed E-state index contributed by atoms with van der Waals surface area (Å²) in [5.74, 6) is -0.198. The summed E-state index contributed by atoms with van der Waals surface area (Å²) in [6, 6.07) is -0.828. The second kappa shape index (κ2) is 63.0. The number of rotatable bonds is 67. The zero-order valence-electron chi connectivity index (χ0n) is 59.6. The van der Waals surface area contributed by atoms with Crippen LogP contribution in [0.3, 0.4) is 0 Å². The molecule has 1 amide bonds. The number of aliphatic hydroxyl groups is 8. The first-order valence-electron chi connectivity index (χ1n) is 39.6. The van der Waals surface area contributed by atoms with Gasteiger partial charge in [0.25, 0.3) is 0 Å². The lowest BCUT2D eigenvalue weighted by molar-refractivity contribution is -0.359. The monoisotopic (exact) mass is 1310 g/mol. The predicted molar refractivity (Wildman–Crippen MR) is 378 cm³/mol. The van der Waals surface area contributed by atoms with E-state index in [2.05, 4.69) is 43.5 Å². The molecule has 0 bridgehead atoms. The third-order valence-electron chi connectivity index (χ3n) is 19.7. The van der Waals surface area contributed by atoms with Crippen molar-refractivity contribution in [3.63, 3.8) is 0 Å². The summed E-state index contributed by atoms with van der Waals surface area (Å²) in [4.78, 5) is 13.4. The second-order valence-corrected chi connectivity index (χ2v) is 28.2. The molecule has 12 unspecified atom stereocenters. The average Bonchev–Trinajstić information content (AvgIpc) is 0.844. The van der Waals surface area contributed by atoms with Crippen molar-refractivity contribution in [3.8, 4) is 0 Å². The van der Waals surface area contributed by atoms with E-state index in [4.69, 9.17) is 18.9 Å². The van der Waals surface area contributed by atoms with Crippen LogP contribution in [0.5, 0.6) is 0 Å². The van der Waals surface area contributed by atoms with Crippen LogP contribution in [0.1, 0.15) is 373 Å². The fourth-order valence-electron chi connectivity index (χ4n) is 13.4. The van der Waals surface area contributed by atoms with Crippen molar-refractivity contribution in [3.05, 3.63) is 24.3 Å². The van der Waals surface area contributed by atoms with Crippen LogP contribution in [0.15, 0.2) is 24.3 Å². The molecule has 544 valence electrons. The summed E-state index contributed by atoms with van der Waals surface area (Å²) < 4.78 is 23.0. The highest BCUT2D eigenvalue weighted by atomic mass is 16.7. The lowest BCUT2D eigenvalue weighted by Crippen LogP contribution is -2.65. The van der Waals surface area contributed by atoms with Crippen molar-refractivity contribution in [2.24, 2.45) is 0 Å². The van der Waals surface area contributed by atoms with E-state index >= 15 is 0 Å². The molecule has 0 aromatic rings. The molecular formula is C78H149NO13. The lowest BCUT2D eigenvalue weighted by Gasteiger charge is -2.46. The Hall–Kier alpha value is -1.53. The Balaban J connectivity index is 1.61. The zero-order chi connectivity index (χ0) is 66.6. The summed E-state index contributed by atoms with van der Waals surface area (Å²) in [6.45, 7) is 2.92. The molecule has 2 aliphatic heterocycles. The smallest absolute Gasteiger partial charge is 0.220 e. The Morgan fingerprint density at radius 2 is 0.717 bits per heavy atom. The van der Waals surface area contributed by atoms with Crippen molar-refractivity contribution in [2.75, 3.05) is 19.8 Å². The molecule has 0 aliphatic carbocycles. The number of hydrogen-bond donors (Lipinski definition) is 9. The SMILES string of the molecule is CCCCCCC/C=C\C/C=C\CCCCCCCCCCCCCCCCCCCCCC(=O)NC(COC1OC(CO)C(OC2OC(CO)C(O)C(O)C2O)C(O)C1O)C(O)CCCCCCCCCCCCCCCCCCCCCCCCCCCCC. The standard InChI is InChI=1S/C78H149NO13/c1-3-5-7-9-11-13-15-17-19-21-23-25-27-29-31-32-33-34-36-38-40-42-44-46-48-50-52-54-56-58-60-62-70(83)79-66(65-89-77-75(88)73(86)76(69(64-81)91-77)92-78-74(87)72(85)71(84)68(63-80)90-78)67(82)61-59-57-55-53-51-49-47-45-43-41-39-37-35-30-28-26-24-22-20-18-16-14-12-10-8-6-4-2/h15,17,21,23,66-69,71-78,80-82,84-88H,3-14,16,18-20,22,24-65H2,1-2H3,(H,79,83)/b17-15-,23-21-. The molecule has 2 saturated heterocycles. The van der Waals surface area contributed by atoms with E-state index in [1.54, 1.807) is 0 Å². The van der Waals surface area contributed by atoms with E-state index in [0.29, 0.717) is 12.8 Å². The molecule has 0 saturated carbocycles. The van der Waals surface area contributed by atoms with E-state index in [0.717, 1.165) is 57.8 Å². The number of aliphatic hydroxyl groups excluding tert-OH is 8. The van der Waals surface area contributed by atoms with Gasteiger partial charge in [0.05, 0.1) is 32.0 Å². The van der Waals surface area contributed by atoms with E-state index in [-0.39, 0.29) is 12.5 Å². The normalized spacial score (nSPS) is 22.7. The molecule has 9 N–H and O–H groups in total. The highest BCUT2D eigenvalue weighted by Gasteiger charge is 2.51. The molecule has 14 nitrogen and oxygen atoms in total. The summed E-state index contributed by atoms with van der Waals surface area (Å²) in [5.41, 5.74) is 0. The Morgan fingerprint density at radius 3 is 1.09 bits per heavy atom. The number of ether oxygens (including phenoxy) is 4. The van der Waals surface area contributed by atoms with Crippen LogP contribution in [0.2, 0.25) is 0 Å². The lowest BCUT2D eigenvalue weighted by atomic mass is 9.97. The number of amides is 1. The quantitative estimate of drug-likeness (QED) is 0.0204. The minimum atomic E-state index is -1.78. The van der Waals surface area contributed by atoms with Gasteiger partial charge in [-0.25, -0.2) is 0 Å². The van der Waals surface area contributed by atoms with Crippen molar-refractivity contribution < 1.29 is 64.6 Å². The average molecular weight is 1310 g/mol. The summed E-state index contributed by atoms with van der Waals surface area (Å²) in [6.07, 6.45) is 63.5. The number of allylic oxidation sites excluding steroid dienone is 4. The molecule has 2 heterocycles. The van der Waals surface area contributed by atoms with Crippen LogP contribution < -0.4 is 5.32 Å². The van der Waals surface area contributed by atoms with Crippen molar-refractivity contribution in [2.45, 2.75) is 447 Å². The van der Waals surface area contributed by atoms with Crippen molar-refractivity contribution >= 4 is 5.91 Å². The van der Waals surface area contributed by atoms with Gasteiger partial charge in [-0.2, -0.15) is 0 Å². The zero-order valence-corrected chi connectivity index (χ0v) is 59.6. The molecule has 14 heteroatoms. The Bertz CT molecular complexity index is 1640. The summed E-state index contributed by atoms with van der Waals surface area (Å²) >= 11 is 0. The van der Waals surface area contributed by atoms with Crippen LogP contribution in [-0.2, 0) is 23.7 Å². The summed E-state index contributed by atoms with van der Waals surface area (Å²) in [7, 11) is 0. The van der Waals surface area contributed by atoms with Gasteiger partial charge in [-0.15, -0.1) is 0 Å². The van der Waals surface area contributed by atoms with Gasteiger partial charge < -0.3 is 65.1 Å². The van der Waals surface area contributed by atoms with Gasteiger partial charge in [0.15, 0.2) is 12.6 Å². The van der Waals surface area contributed by atoms with Crippen molar-refractivity contribution in [1.82, 2.24) is 5.32 Å². The van der Waals surface area contributed by atoms with Gasteiger partial charge in [0, 0.05) is 6.42 Å². The van der Waals surface area contributed by atoms with Crippen LogP contribution in [-0.4, -0.2) is 140 Å². The van der Waals surface area contributed by atoms with E-state index in [1.165, 1.54) is 289 Å². The van der Waals surface area contributed by atoms with Crippen LogP contribution >= 0.6 is 0 Å². The first kappa shape index (κ1) is 86.6. The number of carbonyl (C=O) groups excluding carboxylic acids is 1. The van der Waals surface area contributed by atoms with Crippen LogP contribution in [0.4, 0.5) is 0 Å². The van der Waals surface area contributed by atoms with Crippen LogP contribution in [0.25, 0.3) is 0 Å². The minimum absolute atomic E-state index is 0.198. The molecule has 12 atom stereocenters. The van der Waals surface area contributed by atoms with Gasteiger partial charge in [-0.3, -0.25) is 4.79 Å². The molecule has 2 fully saturated rings. The maximum absolute atomic E-state index is 13.4. The highest BCUT2D eigenvalue weighted by Crippen LogP contribution is 2.30. The topological polar surface area (TPSA) is 228 Å². The molecule has 0 spiro atoms. The van der Waals surface area contributed by atoms with Gasteiger partial charge >= 0.3 is 0 Å². The summed E-state index contributed by atoms with van der Waals surface area (Å²) in [5, 5.41) is 87.8. The fourth-order valence-corrected chi connectivity index (χ4v) is 13.4. The molecule has 0 aromatic carbocycles. The first-order chi connectivity index (χ1) is 45.1. The Morgan fingerprint density at radius 1 is 0.391 bits per heavy atom. The largest absolute Gasteiger partial charge is 0.394 e. The van der Waals surface area contributed by atoms with E-state index < -0.39 is 86.8 Å². The third kappa shape index (κ3) is 45.9. The molecular weight excluding hydrogens is 1160 g/mol. The van der Waals surface area contributed by atoms with Gasteiger partial charge in [0.2, 0.25) is 5.91 Å². The van der Waals surface area contributed by atoms with Gasteiger partial charge in [-0.1, -0.05) is 346 Å².